The molecule has 1 aromatic carbocycles. The summed E-state index contributed by atoms with van der Waals surface area (Å²) in [4.78, 5) is 0. The predicted octanol–water partition coefficient (Wildman–Crippen LogP) is 1.60. The van der Waals surface area contributed by atoms with Crippen molar-refractivity contribution in [2.45, 2.75) is 25.3 Å². The van der Waals surface area contributed by atoms with E-state index in [4.69, 9.17) is 4.74 Å². The summed E-state index contributed by atoms with van der Waals surface area (Å²) in [6, 6.07) is 7.75. The first-order valence-electron chi connectivity index (χ1n) is 6.87. The van der Waals surface area contributed by atoms with Gasteiger partial charge < -0.3 is 10.1 Å². The van der Waals surface area contributed by atoms with Crippen molar-refractivity contribution < 1.29 is 13.2 Å². The first kappa shape index (κ1) is 15.1. The van der Waals surface area contributed by atoms with Crippen molar-refractivity contribution in [2.75, 3.05) is 30.8 Å². The minimum absolute atomic E-state index is 0.140. The minimum Gasteiger partial charge on any atom is -0.495 e. The number of nitrogens with one attached hydrogen (secondary N) is 1. The standard InChI is InChI=1S/C14H22N2O3S/c1-16(13-6-3-4-7-14(13)19-2)20(17,18)11-5-10-15-12-8-9-12/h3-4,6-7,12,15H,5,8-11H2,1-2H3. The van der Waals surface area contributed by atoms with Gasteiger partial charge in [-0.25, -0.2) is 8.42 Å². The van der Waals surface area contributed by atoms with Crippen molar-refractivity contribution in [1.29, 1.82) is 0 Å². The molecule has 0 atom stereocenters. The average Bonchev–Trinajstić information content (AvgIpc) is 3.27. The Balaban J connectivity index is 1.96. The number of hydrogen-bond acceptors (Lipinski definition) is 4. The van der Waals surface area contributed by atoms with E-state index in [0.29, 0.717) is 23.9 Å². The molecule has 20 heavy (non-hydrogen) atoms. The van der Waals surface area contributed by atoms with Gasteiger partial charge in [0.1, 0.15) is 5.75 Å². The maximum atomic E-state index is 12.3. The molecule has 1 fully saturated rings. The van der Waals surface area contributed by atoms with Crippen molar-refractivity contribution in [3.05, 3.63) is 24.3 Å². The van der Waals surface area contributed by atoms with Crippen LogP contribution in [0, 0.1) is 0 Å². The monoisotopic (exact) mass is 298 g/mol. The molecule has 0 saturated heterocycles. The second kappa shape index (κ2) is 6.45. The summed E-state index contributed by atoms with van der Waals surface area (Å²) in [5, 5.41) is 3.32. The highest BCUT2D eigenvalue weighted by Crippen LogP contribution is 2.28. The Morgan fingerprint density at radius 1 is 1.35 bits per heavy atom. The Morgan fingerprint density at radius 2 is 2.05 bits per heavy atom. The molecule has 112 valence electrons. The zero-order chi connectivity index (χ0) is 14.6. The molecule has 0 unspecified atom stereocenters. The molecule has 1 aliphatic rings. The zero-order valence-corrected chi connectivity index (χ0v) is 12.8. The quantitative estimate of drug-likeness (QED) is 0.741. The van der Waals surface area contributed by atoms with E-state index in [1.54, 1.807) is 32.4 Å². The lowest BCUT2D eigenvalue weighted by Gasteiger charge is -2.21. The molecular formula is C14H22N2O3S. The van der Waals surface area contributed by atoms with E-state index in [0.717, 1.165) is 6.54 Å². The van der Waals surface area contributed by atoms with Gasteiger partial charge in [-0.15, -0.1) is 0 Å². The van der Waals surface area contributed by atoms with Crippen LogP contribution in [-0.2, 0) is 10.0 Å². The molecule has 0 aromatic heterocycles. The first-order chi connectivity index (χ1) is 9.54. The molecule has 2 rings (SSSR count). The van der Waals surface area contributed by atoms with E-state index >= 15 is 0 Å². The van der Waals surface area contributed by atoms with E-state index in [1.165, 1.54) is 17.1 Å². The first-order valence-corrected chi connectivity index (χ1v) is 8.48. The number of para-hydroxylation sites is 2. The number of methoxy groups -OCH3 is 1. The second-order valence-corrected chi connectivity index (χ2v) is 7.16. The molecule has 1 N–H and O–H groups in total. The molecule has 1 saturated carbocycles. The summed E-state index contributed by atoms with van der Waals surface area (Å²) in [6.07, 6.45) is 3.06. The van der Waals surface area contributed by atoms with Crippen molar-refractivity contribution in [3.8, 4) is 5.75 Å². The van der Waals surface area contributed by atoms with Crippen LogP contribution in [0.1, 0.15) is 19.3 Å². The third kappa shape index (κ3) is 3.86. The van der Waals surface area contributed by atoms with Gasteiger partial charge in [-0.1, -0.05) is 12.1 Å². The van der Waals surface area contributed by atoms with Gasteiger partial charge in [0.15, 0.2) is 0 Å². The van der Waals surface area contributed by atoms with Crippen molar-refractivity contribution in [1.82, 2.24) is 5.32 Å². The number of ether oxygens (including phenoxy) is 1. The molecule has 0 heterocycles. The molecular weight excluding hydrogens is 276 g/mol. The third-order valence-electron chi connectivity index (χ3n) is 3.43. The normalized spacial score (nSPS) is 15.1. The Bertz CT molecular complexity index is 541. The van der Waals surface area contributed by atoms with E-state index in [1.807, 2.05) is 6.07 Å². The molecule has 0 spiro atoms. The van der Waals surface area contributed by atoms with E-state index in [2.05, 4.69) is 5.32 Å². The fourth-order valence-corrected chi connectivity index (χ4v) is 3.26. The summed E-state index contributed by atoms with van der Waals surface area (Å²) < 4.78 is 31.1. The van der Waals surface area contributed by atoms with Gasteiger partial charge in [-0.2, -0.15) is 0 Å². The van der Waals surface area contributed by atoms with Crippen LogP contribution < -0.4 is 14.4 Å². The van der Waals surface area contributed by atoms with E-state index in [-0.39, 0.29) is 5.75 Å². The fraction of sp³-hybridized carbons (Fsp3) is 0.571. The van der Waals surface area contributed by atoms with E-state index < -0.39 is 10.0 Å². The second-order valence-electron chi connectivity index (χ2n) is 5.04. The van der Waals surface area contributed by atoms with Gasteiger partial charge in [-0.3, -0.25) is 4.31 Å². The van der Waals surface area contributed by atoms with Crippen LogP contribution >= 0.6 is 0 Å². The van der Waals surface area contributed by atoms with Crippen LogP contribution in [0.4, 0.5) is 5.69 Å². The highest BCUT2D eigenvalue weighted by atomic mass is 32.2. The topological polar surface area (TPSA) is 58.6 Å². The van der Waals surface area contributed by atoms with E-state index in [9.17, 15) is 8.42 Å². The SMILES string of the molecule is COc1ccccc1N(C)S(=O)(=O)CCCNC1CC1. The lowest BCUT2D eigenvalue weighted by Crippen LogP contribution is -2.31. The predicted molar refractivity (Wildman–Crippen MR) is 80.8 cm³/mol. The largest absolute Gasteiger partial charge is 0.495 e. The molecule has 1 aromatic rings. The van der Waals surface area contributed by atoms with Gasteiger partial charge in [-0.05, 0) is 37.9 Å². The molecule has 0 amide bonds. The highest BCUT2D eigenvalue weighted by molar-refractivity contribution is 7.92. The summed E-state index contributed by atoms with van der Waals surface area (Å²) in [5.74, 6) is 0.705. The van der Waals surface area contributed by atoms with Gasteiger partial charge in [0, 0.05) is 13.1 Å². The summed E-state index contributed by atoms with van der Waals surface area (Å²) in [5.41, 5.74) is 0.574. The molecule has 0 aliphatic heterocycles. The van der Waals surface area contributed by atoms with Crippen molar-refractivity contribution in [2.24, 2.45) is 0 Å². The highest BCUT2D eigenvalue weighted by Gasteiger charge is 2.22. The number of nitrogens with zero attached hydrogens (tertiary/aromatic N) is 1. The number of rotatable bonds is 8. The van der Waals surface area contributed by atoms with Crippen LogP contribution in [0.25, 0.3) is 0 Å². The van der Waals surface area contributed by atoms with Gasteiger partial charge in [0.25, 0.3) is 0 Å². The Hall–Kier alpha value is -1.27. The minimum atomic E-state index is -3.31. The smallest absolute Gasteiger partial charge is 0.235 e. The maximum absolute atomic E-state index is 12.3. The van der Waals surface area contributed by atoms with Gasteiger partial charge in [0.05, 0.1) is 18.6 Å². The Morgan fingerprint density at radius 3 is 2.70 bits per heavy atom. The fourth-order valence-electron chi connectivity index (χ4n) is 2.02. The Labute approximate surface area is 121 Å². The third-order valence-corrected chi connectivity index (χ3v) is 5.27. The number of anilines is 1. The number of hydrogen-bond donors (Lipinski definition) is 1. The lowest BCUT2D eigenvalue weighted by atomic mass is 10.3. The molecule has 1 aliphatic carbocycles. The van der Waals surface area contributed by atoms with Crippen LogP contribution in [0.2, 0.25) is 0 Å². The van der Waals surface area contributed by atoms with Crippen LogP contribution in [0.5, 0.6) is 5.75 Å². The number of benzene rings is 1. The summed E-state index contributed by atoms with van der Waals surface area (Å²) in [7, 11) is -0.199. The maximum Gasteiger partial charge on any atom is 0.235 e. The van der Waals surface area contributed by atoms with Crippen LogP contribution in [0.3, 0.4) is 0 Å². The van der Waals surface area contributed by atoms with Crippen LogP contribution in [0.15, 0.2) is 24.3 Å². The van der Waals surface area contributed by atoms with Crippen LogP contribution in [-0.4, -0.2) is 40.9 Å². The average molecular weight is 298 g/mol. The van der Waals surface area contributed by atoms with Crippen molar-refractivity contribution in [3.63, 3.8) is 0 Å². The summed E-state index contributed by atoms with van der Waals surface area (Å²) in [6.45, 7) is 0.754. The van der Waals surface area contributed by atoms with Gasteiger partial charge >= 0.3 is 0 Å². The molecule has 5 nitrogen and oxygen atoms in total. The van der Waals surface area contributed by atoms with Crippen molar-refractivity contribution >= 4 is 15.7 Å². The molecule has 0 radical (unpaired) electrons. The Kier molecular flexibility index (Phi) is 4.88. The zero-order valence-electron chi connectivity index (χ0n) is 12.0. The summed E-state index contributed by atoms with van der Waals surface area (Å²) >= 11 is 0. The van der Waals surface area contributed by atoms with Gasteiger partial charge in [0.2, 0.25) is 10.0 Å². The number of sulfonamides is 1. The molecule has 0 bridgehead atoms. The molecule has 6 heteroatoms. The lowest BCUT2D eigenvalue weighted by molar-refractivity contribution is 0.416.